The molecule has 0 unspecified atom stereocenters. The Balaban J connectivity index is 1.30. The summed E-state index contributed by atoms with van der Waals surface area (Å²) in [5, 5.41) is 0.610. The third kappa shape index (κ3) is 4.07. The van der Waals surface area contributed by atoms with Crippen LogP contribution in [0.4, 0.5) is 5.69 Å². The first-order chi connectivity index (χ1) is 13.6. The van der Waals surface area contributed by atoms with Crippen molar-refractivity contribution in [3.05, 3.63) is 58.6 Å². The number of nitrogens with one attached hydrogen (secondary N) is 2. The number of hydrogen-bond acceptors (Lipinski definition) is 4. The molecule has 4 rings (SSSR count). The summed E-state index contributed by atoms with van der Waals surface area (Å²) in [7, 11) is 0. The molecule has 0 aromatic heterocycles. The van der Waals surface area contributed by atoms with Crippen LogP contribution in [0.3, 0.4) is 0 Å². The van der Waals surface area contributed by atoms with Gasteiger partial charge in [-0.25, -0.2) is 0 Å². The van der Waals surface area contributed by atoms with Crippen LogP contribution in [0.25, 0.3) is 0 Å². The van der Waals surface area contributed by atoms with Crippen molar-refractivity contribution in [1.29, 1.82) is 0 Å². The van der Waals surface area contributed by atoms with Crippen LogP contribution in [0.5, 0.6) is 5.75 Å². The molecule has 2 aliphatic rings. The van der Waals surface area contributed by atoms with E-state index < -0.39 is 0 Å². The van der Waals surface area contributed by atoms with Crippen molar-refractivity contribution < 1.29 is 14.3 Å². The zero-order chi connectivity index (χ0) is 19.5. The normalized spacial score (nSPS) is 17.8. The standard InChI is InChI=1S/C21H22ClN3O3/c22-17-7-8-19-15(11-17)10-16(13-28-19)21(27)24-23-20(26)12-25-9-3-5-14-4-1-2-6-18(14)25/h1-2,4,6-8,11,16H,3,5,9-10,12-13H2,(H,23,26)(H,24,27)/t16-/m0/s1. The van der Waals surface area contributed by atoms with Gasteiger partial charge >= 0.3 is 0 Å². The number of nitrogens with zero attached hydrogens (tertiary/aromatic N) is 1. The summed E-state index contributed by atoms with van der Waals surface area (Å²) in [5.74, 6) is -0.133. The lowest BCUT2D eigenvalue weighted by Gasteiger charge is -2.30. The van der Waals surface area contributed by atoms with Gasteiger partial charge in [0.2, 0.25) is 5.91 Å². The summed E-state index contributed by atoms with van der Waals surface area (Å²) in [5.41, 5.74) is 8.30. The minimum Gasteiger partial charge on any atom is -0.492 e. The van der Waals surface area contributed by atoms with Crippen molar-refractivity contribution in [3.8, 4) is 5.75 Å². The molecule has 1 atom stereocenters. The summed E-state index contributed by atoms with van der Waals surface area (Å²) in [6, 6.07) is 13.5. The highest BCUT2D eigenvalue weighted by atomic mass is 35.5. The lowest BCUT2D eigenvalue weighted by atomic mass is 9.96. The Morgan fingerprint density at radius 2 is 2.00 bits per heavy atom. The highest BCUT2D eigenvalue weighted by Crippen LogP contribution is 2.30. The summed E-state index contributed by atoms with van der Waals surface area (Å²) in [6.45, 7) is 1.30. The van der Waals surface area contributed by atoms with E-state index >= 15 is 0 Å². The molecule has 2 heterocycles. The molecule has 2 amide bonds. The van der Waals surface area contributed by atoms with E-state index in [9.17, 15) is 9.59 Å². The molecule has 0 saturated carbocycles. The molecule has 0 bridgehead atoms. The minimum atomic E-state index is -0.373. The predicted molar refractivity (Wildman–Crippen MR) is 107 cm³/mol. The van der Waals surface area contributed by atoms with E-state index in [4.69, 9.17) is 16.3 Å². The first-order valence-electron chi connectivity index (χ1n) is 9.43. The van der Waals surface area contributed by atoms with E-state index in [2.05, 4.69) is 16.9 Å². The lowest BCUT2D eigenvalue weighted by Crippen LogP contribution is -2.50. The van der Waals surface area contributed by atoms with Crippen LogP contribution in [0, 0.1) is 5.92 Å². The van der Waals surface area contributed by atoms with Gasteiger partial charge in [0.05, 0.1) is 12.5 Å². The molecule has 0 fully saturated rings. The van der Waals surface area contributed by atoms with Gasteiger partial charge in [0.1, 0.15) is 12.4 Å². The van der Waals surface area contributed by atoms with Crippen molar-refractivity contribution in [2.45, 2.75) is 19.3 Å². The molecule has 146 valence electrons. The van der Waals surface area contributed by atoms with Crippen molar-refractivity contribution >= 4 is 29.1 Å². The average molecular weight is 400 g/mol. The van der Waals surface area contributed by atoms with Gasteiger partial charge < -0.3 is 9.64 Å². The fourth-order valence-corrected chi connectivity index (χ4v) is 3.95. The Bertz CT molecular complexity index is 902. The van der Waals surface area contributed by atoms with Crippen LogP contribution in [-0.2, 0) is 22.4 Å². The van der Waals surface area contributed by atoms with Gasteiger partial charge in [0, 0.05) is 17.3 Å². The number of fused-ring (bicyclic) bond motifs is 2. The van der Waals surface area contributed by atoms with Crippen molar-refractivity contribution in [3.63, 3.8) is 0 Å². The number of anilines is 1. The molecule has 6 nitrogen and oxygen atoms in total. The van der Waals surface area contributed by atoms with E-state index in [1.165, 1.54) is 5.56 Å². The van der Waals surface area contributed by atoms with Crippen LogP contribution in [0.1, 0.15) is 17.5 Å². The molecule has 7 heteroatoms. The second kappa shape index (κ2) is 8.10. The van der Waals surface area contributed by atoms with Crippen LogP contribution >= 0.6 is 11.6 Å². The summed E-state index contributed by atoms with van der Waals surface area (Å²) >= 11 is 6.02. The maximum atomic E-state index is 12.4. The van der Waals surface area contributed by atoms with Crippen LogP contribution in [-0.4, -0.2) is 31.5 Å². The third-order valence-electron chi connectivity index (χ3n) is 5.17. The van der Waals surface area contributed by atoms with Crippen LogP contribution in [0.15, 0.2) is 42.5 Å². The molecule has 28 heavy (non-hydrogen) atoms. The Hall–Kier alpha value is -2.73. The molecule has 2 aromatic carbocycles. The SMILES string of the molecule is O=C(CN1CCCc2ccccc21)NNC(=O)[C@@H]1COc2ccc(Cl)cc2C1. The maximum Gasteiger partial charge on any atom is 0.257 e. The first-order valence-corrected chi connectivity index (χ1v) is 9.81. The van der Waals surface area contributed by atoms with Crippen LogP contribution < -0.4 is 20.5 Å². The minimum absolute atomic E-state index is 0.205. The largest absolute Gasteiger partial charge is 0.492 e. The number of carbonyl (C=O) groups is 2. The Kier molecular flexibility index (Phi) is 5.39. The molecule has 2 aromatic rings. The van der Waals surface area contributed by atoms with E-state index in [1.807, 2.05) is 35.2 Å². The Morgan fingerprint density at radius 3 is 2.89 bits per heavy atom. The van der Waals surface area contributed by atoms with Gasteiger partial charge in [0.15, 0.2) is 0 Å². The number of hydrogen-bond donors (Lipinski definition) is 2. The number of aryl methyl sites for hydroxylation is 1. The van der Waals surface area contributed by atoms with Gasteiger partial charge in [-0.1, -0.05) is 29.8 Å². The fourth-order valence-electron chi connectivity index (χ4n) is 3.75. The van der Waals surface area contributed by atoms with Crippen molar-refractivity contribution in [2.75, 3.05) is 24.6 Å². The topological polar surface area (TPSA) is 70.7 Å². The van der Waals surface area contributed by atoms with E-state index in [0.717, 1.165) is 36.4 Å². The van der Waals surface area contributed by atoms with Crippen molar-refractivity contribution in [1.82, 2.24) is 10.9 Å². The highest BCUT2D eigenvalue weighted by molar-refractivity contribution is 6.30. The van der Waals surface area contributed by atoms with Gasteiger partial charge in [0.25, 0.3) is 5.91 Å². The molecule has 2 N–H and O–H groups in total. The number of para-hydroxylation sites is 1. The number of rotatable bonds is 3. The van der Waals surface area contributed by atoms with E-state index in [-0.39, 0.29) is 30.9 Å². The van der Waals surface area contributed by atoms with Gasteiger partial charge in [-0.05, 0) is 54.7 Å². The quantitative estimate of drug-likeness (QED) is 0.778. The number of halogens is 1. The number of amides is 2. The monoisotopic (exact) mass is 399 g/mol. The number of hydrazine groups is 1. The Morgan fingerprint density at radius 1 is 1.14 bits per heavy atom. The molecule has 0 radical (unpaired) electrons. The summed E-state index contributed by atoms with van der Waals surface area (Å²) < 4.78 is 5.64. The number of ether oxygens (including phenoxy) is 1. The smallest absolute Gasteiger partial charge is 0.257 e. The van der Waals surface area contributed by atoms with E-state index in [0.29, 0.717) is 11.4 Å². The molecule has 0 aliphatic carbocycles. The first kappa shape index (κ1) is 18.6. The van der Waals surface area contributed by atoms with E-state index in [1.54, 1.807) is 6.07 Å². The number of carbonyl (C=O) groups excluding carboxylic acids is 2. The summed E-state index contributed by atoms with van der Waals surface area (Å²) in [6.07, 6.45) is 2.56. The molecule has 0 saturated heterocycles. The molecule has 0 spiro atoms. The summed E-state index contributed by atoms with van der Waals surface area (Å²) in [4.78, 5) is 26.8. The van der Waals surface area contributed by atoms with Gasteiger partial charge in [-0.15, -0.1) is 0 Å². The second-order valence-corrected chi connectivity index (χ2v) is 7.59. The molecule has 2 aliphatic heterocycles. The van der Waals surface area contributed by atoms with Gasteiger partial charge in [-0.2, -0.15) is 0 Å². The zero-order valence-corrected chi connectivity index (χ0v) is 16.2. The fraction of sp³-hybridized carbons (Fsp3) is 0.333. The molecular weight excluding hydrogens is 378 g/mol. The van der Waals surface area contributed by atoms with Crippen molar-refractivity contribution in [2.24, 2.45) is 5.92 Å². The molecular formula is C21H22ClN3O3. The maximum absolute atomic E-state index is 12.4. The third-order valence-corrected chi connectivity index (χ3v) is 5.40. The average Bonchev–Trinajstić information content (AvgIpc) is 2.71. The predicted octanol–water partition coefficient (Wildman–Crippen LogP) is 2.49. The second-order valence-electron chi connectivity index (χ2n) is 7.16. The lowest BCUT2D eigenvalue weighted by molar-refractivity contribution is -0.131. The Labute approximate surface area is 168 Å². The van der Waals surface area contributed by atoms with Gasteiger partial charge in [-0.3, -0.25) is 20.4 Å². The number of benzene rings is 2. The highest BCUT2D eigenvalue weighted by Gasteiger charge is 2.27. The zero-order valence-electron chi connectivity index (χ0n) is 15.4. The van der Waals surface area contributed by atoms with Crippen LogP contribution in [0.2, 0.25) is 5.02 Å².